The molecule has 0 amide bonds. The van der Waals surface area contributed by atoms with Gasteiger partial charge in [0.05, 0.1) is 5.60 Å². The zero-order valence-corrected chi connectivity index (χ0v) is 8.43. The van der Waals surface area contributed by atoms with Crippen LogP contribution in [0.1, 0.15) is 44.9 Å². The fourth-order valence-electron chi connectivity index (χ4n) is 2.15. The average Bonchev–Trinajstić information content (AvgIpc) is 2.83. The van der Waals surface area contributed by atoms with Gasteiger partial charge in [-0.15, -0.1) is 0 Å². The van der Waals surface area contributed by atoms with E-state index < -0.39 is 0 Å². The van der Waals surface area contributed by atoms with Crippen molar-refractivity contribution in [1.82, 2.24) is 0 Å². The Hall–Kier alpha value is -0.0800. The van der Waals surface area contributed by atoms with Crippen molar-refractivity contribution in [3.05, 3.63) is 0 Å². The fourth-order valence-corrected chi connectivity index (χ4v) is 2.15. The van der Waals surface area contributed by atoms with E-state index in [2.05, 4.69) is 0 Å². The molecule has 0 aliphatic heterocycles. The molecule has 2 N–H and O–H groups in total. The molecule has 76 valence electrons. The van der Waals surface area contributed by atoms with E-state index in [0.717, 1.165) is 25.5 Å². The summed E-state index contributed by atoms with van der Waals surface area (Å²) in [5.41, 5.74) is 5.80. The first-order chi connectivity index (χ1) is 6.35. The summed E-state index contributed by atoms with van der Waals surface area (Å²) >= 11 is 0. The Bertz CT molecular complexity index is 161. The molecule has 2 nitrogen and oxygen atoms in total. The minimum Gasteiger partial charge on any atom is -0.375 e. The highest BCUT2D eigenvalue weighted by Crippen LogP contribution is 2.39. The second kappa shape index (κ2) is 3.97. The monoisotopic (exact) mass is 183 g/mol. The predicted octanol–water partition coefficient (Wildman–Crippen LogP) is 2.07. The van der Waals surface area contributed by atoms with Crippen LogP contribution in [-0.4, -0.2) is 18.8 Å². The first kappa shape index (κ1) is 9.47. The van der Waals surface area contributed by atoms with Gasteiger partial charge in [-0.2, -0.15) is 0 Å². The van der Waals surface area contributed by atoms with Crippen LogP contribution in [0.2, 0.25) is 0 Å². The SMILES string of the molecule is NCCC1(OCCC2CC2)CCC1. The normalized spacial score (nSPS) is 25.6. The van der Waals surface area contributed by atoms with Crippen LogP contribution in [0.3, 0.4) is 0 Å². The molecule has 0 aromatic carbocycles. The van der Waals surface area contributed by atoms with Crippen molar-refractivity contribution < 1.29 is 4.74 Å². The standard InChI is InChI=1S/C11H21NO/c12-8-7-11(5-1-6-11)13-9-4-10-2-3-10/h10H,1-9,12H2. The maximum atomic E-state index is 5.98. The maximum Gasteiger partial charge on any atom is 0.0694 e. The Balaban J connectivity index is 1.64. The van der Waals surface area contributed by atoms with E-state index in [4.69, 9.17) is 10.5 Å². The van der Waals surface area contributed by atoms with E-state index >= 15 is 0 Å². The van der Waals surface area contributed by atoms with Gasteiger partial charge >= 0.3 is 0 Å². The summed E-state index contributed by atoms with van der Waals surface area (Å²) in [4.78, 5) is 0. The van der Waals surface area contributed by atoms with E-state index in [1.54, 1.807) is 0 Å². The van der Waals surface area contributed by atoms with E-state index in [1.807, 2.05) is 0 Å². The molecule has 0 radical (unpaired) electrons. The predicted molar refractivity (Wildman–Crippen MR) is 53.5 cm³/mol. The van der Waals surface area contributed by atoms with Crippen molar-refractivity contribution in [1.29, 1.82) is 0 Å². The molecule has 0 aromatic rings. The zero-order chi connectivity index (χ0) is 9.15. The molecular formula is C11H21NO. The second-order valence-electron chi connectivity index (χ2n) is 4.66. The zero-order valence-electron chi connectivity index (χ0n) is 8.43. The van der Waals surface area contributed by atoms with Gasteiger partial charge in [-0.25, -0.2) is 0 Å². The van der Waals surface area contributed by atoms with Crippen molar-refractivity contribution in [2.45, 2.75) is 50.5 Å². The van der Waals surface area contributed by atoms with Gasteiger partial charge in [-0.1, -0.05) is 12.8 Å². The van der Waals surface area contributed by atoms with Crippen molar-refractivity contribution in [3.63, 3.8) is 0 Å². The Morgan fingerprint density at radius 1 is 1.31 bits per heavy atom. The molecule has 0 saturated heterocycles. The summed E-state index contributed by atoms with van der Waals surface area (Å²) in [5.74, 6) is 0.995. The molecule has 0 spiro atoms. The van der Waals surface area contributed by atoms with E-state index in [9.17, 15) is 0 Å². The Kier molecular flexibility index (Phi) is 2.89. The molecule has 2 heteroatoms. The molecule has 0 heterocycles. The van der Waals surface area contributed by atoms with Crippen LogP contribution < -0.4 is 5.73 Å². The van der Waals surface area contributed by atoms with Crippen LogP contribution in [0.25, 0.3) is 0 Å². The molecule has 0 unspecified atom stereocenters. The fraction of sp³-hybridized carbons (Fsp3) is 1.00. The summed E-state index contributed by atoms with van der Waals surface area (Å²) in [7, 11) is 0. The molecule has 2 fully saturated rings. The van der Waals surface area contributed by atoms with Crippen LogP contribution in [0, 0.1) is 5.92 Å². The van der Waals surface area contributed by atoms with Gasteiger partial charge in [0.1, 0.15) is 0 Å². The molecule has 2 aliphatic rings. The van der Waals surface area contributed by atoms with Crippen molar-refractivity contribution in [2.75, 3.05) is 13.2 Å². The largest absolute Gasteiger partial charge is 0.375 e. The lowest BCUT2D eigenvalue weighted by molar-refractivity contribution is -0.105. The van der Waals surface area contributed by atoms with Gasteiger partial charge in [0, 0.05) is 6.61 Å². The van der Waals surface area contributed by atoms with Gasteiger partial charge in [0.25, 0.3) is 0 Å². The summed E-state index contributed by atoms with van der Waals surface area (Å²) in [6, 6.07) is 0. The lowest BCUT2D eigenvalue weighted by Crippen LogP contribution is -2.42. The number of rotatable bonds is 6. The minimum atomic E-state index is 0.212. The molecule has 0 bridgehead atoms. The summed E-state index contributed by atoms with van der Waals surface area (Å²) in [5, 5.41) is 0. The molecule has 13 heavy (non-hydrogen) atoms. The Morgan fingerprint density at radius 2 is 2.08 bits per heavy atom. The smallest absolute Gasteiger partial charge is 0.0694 e. The third-order valence-corrected chi connectivity index (χ3v) is 3.50. The Morgan fingerprint density at radius 3 is 2.54 bits per heavy atom. The number of nitrogens with two attached hydrogens (primary N) is 1. The number of ether oxygens (including phenoxy) is 1. The molecule has 2 aliphatic carbocycles. The van der Waals surface area contributed by atoms with E-state index in [0.29, 0.717) is 0 Å². The lowest BCUT2D eigenvalue weighted by atomic mass is 9.77. The van der Waals surface area contributed by atoms with Crippen LogP contribution >= 0.6 is 0 Å². The summed E-state index contributed by atoms with van der Waals surface area (Å²) < 4.78 is 5.98. The maximum absolute atomic E-state index is 5.98. The summed E-state index contributed by atoms with van der Waals surface area (Å²) in [6.07, 6.45) is 9.05. The third kappa shape index (κ3) is 2.44. The van der Waals surface area contributed by atoms with Crippen LogP contribution in [0.15, 0.2) is 0 Å². The number of hydrogen-bond acceptors (Lipinski definition) is 2. The average molecular weight is 183 g/mol. The van der Waals surface area contributed by atoms with Crippen molar-refractivity contribution >= 4 is 0 Å². The molecule has 0 atom stereocenters. The highest BCUT2D eigenvalue weighted by Gasteiger charge is 2.37. The van der Waals surface area contributed by atoms with Gasteiger partial charge in [0.15, 0.2) is 0 Å². The quantitative estimate of drug-likeness (QED) is 0.684. The topological polar surface area (TPSA) is 35.2 Å². The summed E-state index contributed by atoms with van der Waals surface area (Å²) in [6.45, 7) is 1.76. The minimum absolute atomic E-state index is 0.212. The number of hydrogen-bond donors (Lipinski definition) is 1. The van der Waals surface area contributed by atoms with Crippen LogP contribution in [-0.2, 0) is 4.74 Å². The molecule has 2 rings (SSSR count). The first-order valence-corrected chi connectivity index (χ1v) is 5.69. The highest BCUT2D eigenvalue weighted by atomic mass is 16.5. The van der Waals surface area contributed by atoms with Gasteiger partial charge in [-0.3, -0.25) is 0 Å². The van der Waals surface area contributed by atoms with Gasteiger partial charge in [0.2, 0.25) is 0 Å². The van der Waals surface area contributed by atoms with Crippen molar-refractivity contribution in [3.8, 4) is 0 Å². The van der Waals surface area contributed by atoms with Gasteiger partial charge < -0.3 is 10.5 Å². The van der Waals surface area contributed by atoms with Gasteiger partial charge in [-0.05, 0) is 44.6 Å². The third-order valence-electron chi connectivity index (χ3n) is 3.50. The molecule has 2 saturated carbocycles. The highest BCUT2D eigenvalue weighted by molar-refractivity contribution is 4.90. The molecular weight excluding hydrogens is 162 g/mol. The molecule has 0 aromatic heterocycles. The first-order valence-electron chi connectivity index (χ1n) is 5.69. The Labute approximate surface area is 80.8 Å². The van der Waals surface area contributed by atoms with Crippen molar-refractivity contribution in [2.24, 2.45) is 11.7 Å². The van der Waals surface area contributed by atoms with E-state index in [1.165, 1.54) is 38.5 Å². The van der Waals surface area contributed by atoms with E-state index in [-0.39, 0.29) is 5.60 Å². The lowest BCUT2D eigenvalue weighted by Gasteiger charge is -2.41. The van der Waals surface area contributed by atoms with Crippen LogP contribution in [0.4, 0.5) is 0 Å². The second-order valence-corrected chi connectivity index (χ2v) is 4.66. The van der Waals surface area contributed by atoms with Crippen LogP contribution in [0.5, 0.6) is 0 Å².